The first-order valence-electron chi connectivity index (χ1n) is 7.93. The fourth-order valence-electron chi connectivity index (χ4n) is 2.57. The van der Waals surface area contributed by atoms with Crippen LogP contribution >= 0.6 is 15.9 Å². The lowest BCUT2D eigenvalue weighted by atomic mass is 10.2. The van der Waals surface area contributed by atoms with Crippen molar-refractivity contribution in [2.45, 2.75) is 4.90 Å². The summed E-state index contributed by atoms with van der Waals surface area (Å²) in [6.45, 7) is 0.693. The highest BCUT2D eigenvalue weighted by Crippen LogP contribution is 2.25. The average molecular weight is 461 g/mol. The van der Waals surface area contributed by atoms with Crippen molar-refractivity contribution in [1.29, 1.82) is 0 Å². The van der Waals surface area contributed by atoms with Gasteiger partial charge in [-0.05, 0) is 52.3 Å². The Hall–Kier alpha value is -1.88. The molecular formula is C17H15BrF2N2O4S. The molecule has 0 bridgehead atoms. The van der Waals surface area contributed by atoms with Gasteiger partial charge in [0.2, 0.25) is 10.0 Å². The van der Waals surface area contributed by atoms with Gasteiger partial charge in [-0.3, -0.25) is 4.79 Å². The zero-order valence-electron chi connectivity index (χ0n) is 13.9. The van der Waals surface area contributed by atoms with E-state index in [4.69, 9.17) is 4.74 Å². The number of nitrogens with one attached hydrogen (secondary N) is 1. The van der Waals surface area contributed by atoms with Crippen LogP contribution < -0.4 is 5.32 Å². The highest BCUT2D eigenvalue weighted by atomic mass is 79.9. The van der Waals surface area contributed by atoms with Gasteiger partial charge < -0.3 is 10.1 Å². The van der Waals surface area contributed by atoms with E-state index in [9.17, 15) is 22.0 Å². The highest BCUT2D eigenvalue weighted by Gasteiger charge is 2.29. The molecule has 10 heteroatoms. The minimum atomic E-state index is -4.07. The predicted molar refractivity (Wildman–Crippen MR) is 98.0 cm³/mol. The standard InChI is InChI=1S/C17H15BrF2N2O4S/c18-14-3-1-11(19)9-13(14)17(23)21-12-2-4-15(20)16(10-12)27(24,25)22-5-7-26-8-6-22/h1-4,9-10H,5-8H2,(H,21,23). The van der Waals surface area contributed by atoms with Crippen LogP contribution in [0.15, 0.2) is 45.8 Å². The highest BCUT2D eigenvalue weighted by molar-refractivity contribution is 9.10. The van der Waals surface area contributed by atoms with Crippen molar-refractivity contribution in [2.24, 2.45) is 0 Å². The van der Waals surface area contributed by atoms with Gasteiger partial charge in [0.05, 0.1) is 18.8 Å². The fourth-order valence-corrected chi connectivity index (χ4v) is 4.50. The molecule has 1 aliphatic rings. The van der Waals surface area contributed by atoms with E-state index in [2.05, 4.69) is 21.2 Å². The Morgan fingerprint density at radius 2 is 1.81 bits per heavy atom. The first kappa shape index (κ1) is 19.9. The van der Waals surface area contributed by atoms with Crippen molar-refractivity contribution in [3.8, 4) is 0 Å². The number of rotatable bonds is 4. The van der Waals surface area contributed by atoms with Gasteiger partial charge >= 0.3 is 0 Å². The summed E-state index contributed by atoms with van der Waals surface area (Å²) in [6, 6.07) is 6.84. The molecule has 144 valence electrons. The molecule has 3 rings (SSSR count). The van der Waals surface area contributed by atoms with Crippen LogP contribution in [0.2, 0.25) is 0 Å². The number of nitrogens with zero attached hydrogens (tertiary/aromatic N) is 1. The number of hydrogen-bond donors (Lipinski definition) is 1. The minimum absolute atomic E-state index is 0.0249. The lowest BCUT2D eigenvalue weighted by Crippen LogP contribution is -2.40. The third-order valence-corrected chi connectivity index (χ3v) is 6.56. The number of amides is 1. The Morgan fingerprint density at radius 1 is 1.11 bits per heavy atom. The van der Waals surface area contributed by atoms with Crippen LogP contribution in [0.4, 0.5) is 14.5 Å². The predicted octanol–water partition coefficient (Wildman–Crippen LogP) is 3.00. The summed E-state index contributed by atoms with van der Waals surface area (Å²) in [5.41, 5.74) is 0.0984. The van der Waals surface area contributed by atoms with Crippen LogP contribution in [-0.4, -0.2) is 44.9 Å². The van der Waals surface area contributed by atoms with Crippen molar-refractivity contribution >= 4 is 37.5 Å². The normalized spacial score (nSPS) is 15.5. The van der Waals surface area contributed by atoms with Gasteiger partial charge in [0.25, 0.3) is 5.91 Å². The Balaban J connectivity index is 1.89. The smallest absolute Gasteiger partial charge is 0.256 e. The van der Waals surface area contributed by atoms with E-state index in [1.165, 1.54) is 18.2 Å². The van der Waals surface area contributed by atoms with Gasteiger partial charge in [-0.1, -0.05) is 0 Å². The number of benzene rings is 2. The van der Waals surface area contributed by atoms with Crippen LogP contribution in [0.25, 0.3) is 0 Å². The van der Waals surface area contributed by atoms with Crippen molar-refractivity contribution in [3.05, 3.63) is 58.1 Å². The van der Waals surface area contributed by atoms with E-state index < -0.39 is 32.5 Å². The quantitative estimate of drug-likeness (QED) is 0.760. The molecule has 1 heterocycles. The zero-order valence-corrected chi connectivity index (χ0v) is 16.3. The second kappa shape index (κ2) is 8.01. The minimum Gasteiger partial charge on any atom is -0.379 e. The maximum atomic E-state index is 14.2. The number of morpholine rings is 1. The SMILES string of the molecule is O=C(Nc1ccc(F)c(S(=O)(=O)N2CCOCC2)c1)c1cc(F)ccc1Br. The van der Waals surface area contributed by atoms with Gasteiger partial charge in [0.15, 0.2) is 0 Å². The van der Waals surface area contributed by atoms with Crippen LogP contribution in [0.5, 0.6) is 0 Å². The Labute approximate surface area is 163 Å². The summed E-state index contributed by atoms with van der Waals surface area (Å²) < 4.78 is 59.5. The van der Waals surface area contributed by atoms with Crippen LogP contribution in [0.1, 0.15) is 10.4 Å². The third kappa shape index (κ3) is 4.34. The molecule has 0 atom stereocenters. The van der Waals surface area contributed by atoms with Crippen molar-refractivity contribution in [1.82, 2.24) is 4.31 Å². The van der Waals surface area contributed by atoms with E-state index in [0.29, 0.717) is 4.47 Å². The summed E-state index contributed by atoms with van der Waals surface area (Å²) in [4.78, 5) is 11.8. The Morgan fingerprint density at radius 3 is 2.52 bits per heavy atom. The summed E-state index contributed by atoms with van der Waals surface area (Å²) in [5.74, 6) is -2.19. The molecule has 1 fully saturated rings. The number of anilines is 1. The second-order valence-electron chi connectivity index (χ2n) is 5.74. The molecule has 27 heavy (non-hydrogen) atoms. The summed E-state index contributed by atoms with van der Waals surface area (Å²) in [6.07, 6.45) is 0. The number of sulfonamides is 1. The largest absolute Gasteiger partial charge is 0.379 e. The number of halogens is 3. The topological polar surface area (TPSA) is 75.7 Å². The number of hydrogen-bond acceptors (Lipinski definition) is 4. The molecule has 0 aromatic heterocycles. The Bertz CT molecular complexity index is 979. The lowest BCUT2D eigenvalue weighted by molar-refractivity contribution is 0.0729. The van der Waals surface area contributed by atoms with Crippen LogP contribution in [0, 0.1) is 11.6 Å². The molecule has 2 aromatic carbocycles. The second-order valence-corrected chi connectivity index (χ2v) is 8.50. The number of ether oxygens (including phenoxy) is 1. The molecule has 0 unspecified atom stereocenters. The monoisotopic (exact) mass is 460 g/mol. The van der Waals surface area contributed by atoms with Crippen LogP contribution in [0.3, 0.4) is 0 Å². The zero-order chi connectivity index (χ0) is 19.6. The average Bonchev–Trinajstić information content (AvgIpc) is 2.65. The first-order valence-corrected chi connectivity index (χ1v) is 10.2. The van der Waals surface area contributed by atoms with Gasteiger partial charge in [-0.2, -0.15) is 4.31 Å². The first-order chi connectivity index (χ1) is 12.8. The molecule has 0 radical (unpaired) electrons. The fraction of sp³-hybridized carbons (Fsp3) is 0.235. The van der Waals surface area contributed by atoms with E-state index in [1.807, 2.05) is 0 Å². The molecule has 1 aliphatic heterocycles. The maximum absolute atomic E-state index is 14.2. The van der Waals surface area contributed by atoms with E-state index in [0.717, 1.165) is 22.5 Å². The molecule has 1 saturated heterocycles. The molecule has 0 spiro atoms. The van der Waals surface area contributed by atoms with Gasteiger partial charge in [-0.15, -0.1) is 0 Å². The summed E-state index contributed by atoms with van der Waals surface area (Å²) in [5, 5.41) is 2.46. The molecule has 1 N–H and O–H groups in total. The lowest BCUT2D eigenvalue weighted by Gasteiger charge is -2.26. The van der Waals surface area contributed by atoms with E-state index in [1.54, 1.807) is 0 Å². The van der Waals surface area contributed by atoms with Crippen molar-refractivity contribution in [3.63, 3.8) is 0 Å². The molecule has 0 saturated carbocycles. The van der Waals surface area contributed by atoms with Gasteiger partial charge in [0, 0.05) is 23.2 Å². The van der Waals surface area contributed by atoms with E-state index >= 15 is 0 Å². The Kier molecular flexibility index (Phi) is 5.89. The van der Waals surface area contributed by atoms with Crippen molar-refractivity contribution < 1.29 is 26.7 Å². The number of carbonyl (C=O) groups is 1. The van der Waals surface area contributed by atoms with E-state index in [-0.39, 0.29) is 37.6 Å². The van der Waals surface area contributed by atoms with Crippen molar-refractivity contribution in [2.75, 3.05) is 31.6 Å². The molecular weight excluding hydrogens is 446 g/mol. The summed E-state index contributed by atoms with van der Waals surface area (Å²) in [7, 11) is -4.07. The third-order valence-electron chi connectivity index (χ3n) is 3.95. The molecule has 0 aliphatic carbocycles. The van der Waals surface area contributed by atoms with Crippen LogP contribution in [-0.2, 0) is 14.8 Å². The van der Waals surface area contributed by atoms with Gasteiger partial charge in [0.1, 0.15) is 16.5 Å². The molecule has 1 amide bonds. The summed E-state index contributed by atoms with van der Waals surface area (Å²) >= 11 is 3.15. The number of carbonyl (C=O) groups excluding carboxylic acids is 1. The maximum Gasteiger partial charge on any atom is 0.256 e. The van der Waals surface area contributed by atoms with Gasteiger partial charge in [-0.25, -0.2) is 17.2 Å². The molecule has 6 nitrogen and oxygen atoms in total. The molecule has 2 aromatic rings.